The molecule has 0 saturated carbocycles. The summed E-state index contributed by atoms with van der Waals surface area (Å²) in [7, 11) is 0. The van der Waals surface area contributed by atoms with Gasteiger partial charge in [-0.25, -0.2) is 0 Å². The second kappa shape index (κ2) is 5.15. The average Bonchev–Trinajstić information content (AvgIpc) is 2.82. The van der Waals surface area contributed by atoms with Gasteiger partial charge in [0.05, 0.1) is 0 Å². The molecule has 1 aliphatic heterocycles. The van der Waals surface area contributed by atoms with Crippen LogP contribution in [0.1, 0.15) is 25.3 Å². The molecular formula is C16H22N2. The van der Waals surface area contributed by atoms with Crippen LogP contribution in [0.2, 0.25) is 0 Å². The van der Waals surface area contributed by atoms with Gasteiger partial charge in [-0.1, -0.05) is 25.1 Å². The third-order valence-electron chi connectivity index (χ3n) is 4.25. The third kappa shape index (κ3) is 2.44. The Labute approximate surface area is 109 Å². The van der Waals surface area contributed by atoms with Crippen LogP contribution in [-0.2, 0) is 6.42 Å². The van der Waals surface area contributed by atoms with Crippen molar-refractivity contribution < 1.29 is 0 Å². The molecule has 3 rings (SSSR count). The van der Waals surface area contributed by atoms with Crippen molar-refractivity contribution in [3.8, 4) is 0 Å². The highest BCUT2D eigenvalue weighted by Crippen LogP contribution is 2.20. The van der Waals surface area contributed by atoms with E-state index in [2.05, 4.69) is 47.3 Å². The molecular weight excluding hydrogens is 220 g/mol. The van der Waals surface area contributed by atoms with Crippen molar-refractivity contribution in [2.75, 3.05) is 19.6 Å². The van der Waals surface area contributed by atoms with Crippen LogP contribution in [0.15, 0.2) is 30.5 Å². The minimum Gasteiger partial charge on any atom is -0.361 e. The van der Waals surface area contributed by atoms with E-state index in [1.165, 1.54) is 55.4 Å². The van der Waals surface area contributed by atoms with Crippen molar-refractivity contribution in [2.24, 2.45) is 5.92 Å². The molecule has 2 nitrogen and oxygen atoms in total. The van der Waals surface area contributed by atoms with E-state index in [0.29, 0.717) is 0 Å². The zero-order chi connectivity index (χ0) is 12.4. The van der Waals surface area contributed by atoms with Gasteiger partial charge in [0, 0.05) is 23.6 Å². The molecule has 0 atom stereocenters. The maximum absolute atomic E-state index is 3.36. The van der Waals surface area contributed by atoms with Crippen molar-refractivity contribution in [2.45, 2.75) is 26.2 Å². The predicted molar refractivity (Wildman–Crippen MR) is 76.8 cm³/mol. The van der Waals surface area contributed by atoms with Crippen LogP contribution >= 0.6 is 0 Å². The van der Waals surface area contributed by atoms with Crippen LogP contribution in [0, 0.1) is 5.92 Å². The SMILES string of the molecule is CC1CCN(CCc2c[nH]c3ccccc23)CC1. The van der Waals surface area contributed by atoms with Gasteiger partial charge in [0.25, 0.3) is 0 Å². The smallest absolute Gasteiger partial charge is 0.0456 e. The summed E-state index contributed by atoms with van der Waals surface area (Å²) < 4.78 is 0. The first kappa shape index (κ1) is 11.8. The van der Waals surface area contributed by atoms with Crippen molar-refractivity contribution in [1.82, 2.24) is 9.88 Å². The van der Waals surface area contributed by atoms with E-state index in [1.54, 1.807) is 0 Å². The van der Waals surface area contributed by atoms with E-state index in [-0.39, 0.29) is 0 Å². The monoisotopic (exact) mass is 242 g/mol. The lowest BCUT2D eigenvalue weighted by Crippen LogP contribution is -2.34. The second-order valence-corrected chi connectivity index (χ2v) is 5.63. The minimum atomic E-state index is 0.925. The average molecular weight is 242 g/mol. The van der Waals surface area contributed by atoms with Crippen molar-refractivity contribution in [3.63, 3.8) is 0 Å². The van der Waals surface area contributed by atoms with Crippen molar-refractivity contribution in [3.05, 3.63) is 36.0 Å². The molecule has 0 amide bonds. The summed E-state index contributed by atoms with van der Waals surface area (Å²) in [6.45, 7) is 6.14. The summed E-state index contributed by atoms with van der Waals surface area (Å²) >= 11 is 0. The first-order valence-corrected chi connectivity index (χ1v) is 7.10. The van der Waals surface area contributed by atoms with Gasteiger partial charge in [-0.2, -0.15) is 0 Å². The first-order valence-electron chi connectivity index (χ1n) is 7.10. The van der Waals surface area contributed by atoms with Gasteiger partial charge < -0.3 is 9.88 Å². The molecule has 0 bridgehead atoms. The van der Waals surface area contributed by atoms with Gasteiger partial charge in [0.2, 0.25) is 0 Å². The molecule has 18 heavy (non-hydrogen) atoms. The Kier molecular flexibility index (Phi) is 3.37. The summed E-state index contributed by atoms with van der Waals surface area (Å²) in [4.78, 5) is 5.98. The Bertz CT molecular complexity index is 507. The normalized spacial score (nSPS) is 18.5. The number of nitrogens with one attached hydrogen (secondary N) is 1. The summed E-state index contributed by atoms with van der Waals surface area (Å²) in [5.74, 6) is 0.925. The number of para-hydroxylation sites is 1. The molecule has 1 fully saturated rings. The van der Waals surface area contributed by atoms with E-state index < -0.39 is 0 Å². The van der Waals surface area contributed by atoms with E-state index >= 15 is 0 Å². The van der Waals surface area contributed by atoms with Crippen LogP contribution in [0.4, 0.5) is 0 Å². The molecule has 0 radical (unpaired) electrons. The lowest BCUT2D eigenvalue weighted by Gasteiger charge is -2.30. The summed E-state index contributed by atoms with van der Waals surface area (Å²) in [5, 5.41) is 1.39. The van der Waals surface area contributed by atoms with Crippen LogP contribution in [0.3, 0.4) is 0 Å². The molecule has 0 aliphatic carbocycles. The fourth-order valence-electron chi connectivity index (χ4n) is 2.90. The number of benzene rings is 1. The maximum atomic E-state index is 3.36. The minimum absolute atomic E-state index is 0.925. The highest BCUT2D eigenvalue weighted by atomic mass is 15.1. The lowest BCUT2D eigenvalue weighted by molar-refractivity contribution is 0.194. The molecule has 2 heterocycles. The number of aromatic nitrogens is 1. The summed E-state index contributed by atoms with van der Waals surface area (Å²) in [6, 6.07) is 8.59. The number of hydrogen-bond donors (Lipinski definition) is 1. The van der Waals surface area contributed by atoms with E-state index in [4.69, 9.17) is 0 Å². The zero-order valence-corrected chi connectivity index (χ0v) is 11.2. The number of hydrogen-bond acceptors (Lipinski definition) is 1. The van der Waals surface area contributed by atoms with Gasteiger partial charge in [0.15, 0.2) is 0 Å². The molecule has 1 aromatic heterocycles. The fourth-order valence-corrected chi connectivity index (χ4v) is 2.90. The first-order chi connectivity index (χ1) is 8.83. The molecule has 1 aliphatic rings. The Balaban J connectivity index is 1.63. The van der Waals surface area contributed by atoms with Gasteiger partial charge in [-0.15, -0.1) is 0 Å². The number of fused-ring (bicyclic) bond motifs is 1. The lowest BCUT2D eigenvalue weighted by atomic mass is 9.99. The maximum Gasteiger partial charge on any atom is 0.0456 e. The van der Waals surface area contributed by atoms with Gasteiger partial charge in [-0.05, 0) is 49.9 Å². The highest BCUT2D eigenvalue weighted by molar-refractivity contribution is 5.83. The van der Waals surface area contributed by atoms with E-state index in [1.807, 2.05) is 0 Å². The molecule has 1 saturated heterocycles. The summed E-state index contributed by atoms with van der Waals surface area (Å²) in [6.07, 6.45) is 6.08. The van der Waals surface area contributed by atoms with Crippen LogP contribution in [0.5, 0.6) is 0 Å². The number of likely N-dealkylation sites (tertiary alicyclic amines) is 1. The Hall–Kier alpha value is -1.28. The Morgan fingerprint density at radius 3 is 2.83 bits per heavy atom. The second-order valence-electron chi connectivity index (χ2n) is 5.63. The quantitative estimate of drug-likeness (QED) is 0.873. The Morgan fingerprint density at radius 1 is 1.22 bits per heavy atom. The van der Waals surface area contributed by atoms with Crippen LogP contribution in [-0.4, -0.2) is 29.5 Å². The topological polar surface area (TPSA) is 19.0 Å². The van der Waals surface area contributed by atoms with Crippen molar-refractivity contribution >= 4 is 10.9 Å². The molecule has 0 unspecified atom stereocenters. The van der Waals surface area contributed by atoms with Gasteiger partial charge >= 0.3 is 0 Å². The molecule has 96 valence electrons. The Morgan fingerprint density at radius 2 is 2.00 bits per heavy atom. The highest BCUT2D eigenvalue weighted by Gasteiger charge is 2.15. The number of nitrogens with zero attached hydrogens (tertiary/aromatic N) is 1. The fraction of sp³-hybridized carbons (Fsp3) is 0.500. The molecule has 0 spiro atoms. The number of piperidine rings is 1. The van der Waals surface area contributed by atoms with Crippen LogP contribution < -0.4 is 0 Å². The number of rotatable bonds is 3. The van der Waals surface area contributed by atoms with Gasteiger partial charge in [-0.3, -0.25) is 0 Å². The zero-order valence-electron chi connectivity index (χ0n) is 11.2. The van der Waals surface area contributed by atoms with E-state index in [9.17, 15) is 0 Å². The summed E-state index contributed by atoms with van der Waals surface area (Å²) in [5.41, 5.74) is 2.73. The third-order valence-corrected chi connectivity index (χ3v) is 4.25. The molecule has 2 heteroatoms. The van der Waals surface area contributed by atoms with Crippen molar-refractivity contribution in [1.29, 1.82) is 0 Å². The predicted octanol–water partition coefficient (Wildman–Crippen LogP) is 3.44. The number of aromatic amines is 1. The van der Waals surface area contributed by atoms with Gasteiger partial charge in [0.1, 0.15) is 0 Å². The number of H-pyrrole nitrogens is 1. The largest absolute Gasteiger partial charge is 0.361 e. The van der Waals surface area contributed by atoms with E-state index in [0.717, 1.165) is 5.92 Å². The molecule has 1 N–H and O–H groups in total. The van der Waals surface area contributed by atoms with Crippen LogP contribution in [0.25, 0.3) is 10.9 Å². The molecule has 1 aromatic carbocycles. The standard InChI is InChI=1S/C16H22N2/c1-13-6-9-18(10-7-13)11-8-14-12-17-16-5-3-2-4-15(14)16/h2-5,12-13,17H,6-11H2,1H3. The molecule has 2 aromatic rings.